The summed E-state index contributed by atoms with van der Waals surface area (Å²) in [6, 6.07) is 0. The Kier molecular flexibility index (Phi) is 6.20. The van der Waals surface area contributed by atoms with Crippen molar-refractivity contribution in [3.63, 3.8) is 0 Å². The summed E-state index contributed by atoms with van der Waals surface area (Å²) in [7, 11) is 0. The first kappa shape index (κ1) is 12.0. The molecule has 1 fully saturated rings. The Hall–Kier alpha value is -0.0800. The molecular weight excluding hydrogens is 174 g/mol. The zero-order valence-electron chi connectivity index (χ0n) is 9.47. The van der Waals surface area contributed by atoms with E-state index in [1.165, 1.54) is 32.1 Å². The van der Waals surface area contributed by atoms with E-state index in [-0.39, 0.29) is 0 Å². The van der Waals surface area contributed by atoms with Gasteiger partial charge in [-0.1, -0.05) is 32.6 Å². The first-order valence-corrected chi connectivity index (χ1v) is 6.14. The van der Waals surface area contributed by atoms with Crippen LogP contribution >= 0.6 is 0 Å². The molecule has 2 nitrogen and oxygen atoms in total. The highest BCUT2D eigenvalue weighted by Crippen LogP contribution is 2.29. The minimum Gasteiger partial charge on any atom is -0.396 e. The van der Waals surface area contributed by atoms with Gasteiger partial charge in [-0.15, -0.1) is 0 Å². The van der Waals surface area contributed by atoms with Gasteiger partial charge in [0, 0.05) is 6.61 Å². The van der Waals surface area contributed by atoms with Gasteiger partial charge in [-0.3, -0.25) is 0 Å². The summed E-state index contributed by atoms with van der Waals surface area (Å²) in [4.78, 5) is 0. The third-order valence-corrected chi connectivity index (χ3v) is 3.38. The maximum absolute atomic E-state index is 8.60. The molecule has 1 rings (SSSR count). The number of aliphatic hydroxyl groups is 1. The maximum atomic E-state index is 8.60. The van der Waals surface area contributed by atoms with Crippen LogP contribution < -0.4 is 5.32 Å². The van der Waals surface area contributed by atoms with Crippen LogP contribution in [0, 0.1) is 11.8 Å². The van der Waals surface area contributed by atoms with Crippen molar-refractivity contribution in [2.75, 3.05) is 19.7 Å². The molecule has 0 saturated heterocycles. The predicted molar refractivity (Wildman–Crippen MR) is 60.3 cm³/mol. The lowest BCUT2D eigenvalue weighted by molar-refractivity contribution is 0.269. The van der Waals surface area contributed by atoms with Crippen LogP contribution in [0.2, 0.25) is 0 Å². The second-order valence-electron chi connectivity index (χ2n) is 4.74. The minimum absolute atomic E-state index is 0.313. The van der Waals surface area contributed by atoms with E-state index in [0.29, 0.717) is 6.61 Å². The molecule has 2 N–H and O–H groups in total. The van der Waals surface area contributed by atoms with Gasteiger partial charge >= 0.3 is 0 Å². The molecule has 14 heavy (non-hydrogen) atoms. The number of aliphatic hydroxyl groups excluding tert-OH is 1. The molecule has 0 atom stereocenters. The van der Waals surface area contributed by atoms with Crippen LogP contribution in [0.3, 0.4) is 0 Å². The molecule has 0 bridgehead atoms. The van der Waals surface area contributed by atoms with Gasteiger partial charge in [0.2, 0.25) is 0 Å². The van der Waals surface area contributed by atoms with Crippen molar-refractivity contribution in [3.8, 4) is 0 Å². The van der Waals surface area contributed by atoms with Gasteiger partial charge in [0.25, 0.3) is 0 Å². The smallest absolute Gasteiger partial charge is 0.0443 e. The SMILES string of the molecule is CC1CCC(CCNCCCO)CC1. The predicted octanol–water partition coefficient (Wildman–Crippen LogP) is 2.17. The second kappa shape index (κ2) is 7.24. The van der Waals surface area contributed by atoms with E-state index in [2.05, 4.69) is 12.2 Å². The molecule has 0 unspecified atom stereocenters. The quantitative estimate of drug-likeness (QED) is 0.643. The Bertz CT molecular complexity index is 130. The number of nitrogens with one attached hydrogen (secondary N) is 1. The van der Waals surface area contributed by atoms with Crippen LogP contribution in [-0.2, 0) is 0 Å². The van der Waals surface area contributed by atoms with Crippen molar-refractivity contribution in [2.24, 2.45) is 11.8 Å². The molecule has 1 saturated carbocycles. The summed E-state index contributed by atoms with van der Waals surface area (Å²) in [6.45, 7) is 4.79. The fourth-order valence-electron chi connectivity index (χ4n) is 2.25. The Balaban J connectivity index is 1.91. The third kappa shape index (κ3) is 4.97. The zero-order chi connectivity index (χ0) is 10.2. The highest BCUT2D eigenvalue weighted by atomic mass is 16.3. The van der Waals surface area contributed by atoms with E-state index in [1.54, 1.807) is 0 Å². The van der Waals surface area contributed by atoms with Gasteiger partial charge in [0.05, 0.1) is 0 Å². The lowest BCUT2D eigenvalue weighted by Crippen LogP contribution is -2.22. The van der Waals surface area contributed by atoms with Crippen molar-refractivity contribution in [3.05, 3.63) is 0 Å². The third-order valence-electron chi connectivity index (χ3n) is 3.38. The highest BCUT2D eigenvalue weighted by Gasteiger charge is 2.17. The first-order chi connectivity index (χ1) is 6.83. The average Bonchev–Trinajstić information content (AvgIpc) is 2.21. The summed E-state index contributed by atoms with van der Waals surface area (Å²) in [5.74, 6) is 1.93. The summed E-state index contributed by atoms with van der Waals surface area (Å²) in [5, 5.41) is 12.0. The molecule has 2 heteroatoms. The van der Waals surface area contributed by atoms with Crippen molar-refractivity contribution in [1.29, 1.82) is 0 Å². The van der Waals surface area contributed by atoms with Crippen molar-refractivity contribution in [1.82, 2.24) is 5.32 Å². The largest absolute Gasteiger partial charge is 0.396 e. The average molecular weight is 199 g/mol. The van der Waals surface area contributed by atoms with Crippen LogP contribution in [0.25, 0.3) is 0 Å². The topological polar surface area (TPSA) is 32.3 Å². The molecule has 0 aliphatic heterocycles. The summed E-state index contributed by atoms with van der Waals surface area (Å²) >= 11 is 0. The van der Waals surface area contributed by atoms with Crippen LogP contribution in [-0.4, -0.2) is 24.8 Å². The Morgan fingerprint density at radius 1 is 1.14 bits per heavy atom. The normalized spacial score (nSPS) is 27.9. The highest BCUT2D eigenvalue weighted by molar-refractivity contribution is 4.70. The molecule has 1 aliphatic rings. The Labute approximate surface area is 88.1 Å². The minimum atomic E-state index is 0.313. The monoisotopic (exact) mass is 199 g/mol. The van der Waals surface area contributed by atoms with E-state index in [4.69, 9.17) is 5.11 Å². The summed E-state index contributed by atoms with van der Waals surface area (Å²) in [5.41, 5.74) is 0. The maximum Gasteiger partial charge on any atom is 0.0443 e. The van der Waals surface area contributed by atoms with Crippen LogP contribution in [0.1, 0.15) is 45.4 Å². The van der Waals surface area contributed by atoms with Crippen molar-refractivity contribution in [2.45, 2.75) is 45.4 Å². The van der Waals surface area contributed by atoms with Crippen molar-refractivity contribution >= 4 is 0 Å². The lowest BCUT2D eigenvalue weighted by atomic mass is 9.81. The van der Waals surface area contributed by atoms with Crippen LogP contribution in [0.4, 0.5) is 0 Å². The van der Waals surface area contributed by atoms with Gasteiger partial charge in [-0.05, 0) is 37.8 Å². The first-order valence-electron chi connectivity index (χ1n) is 6.14. The molecular formula is C12H25NO. The van der Waals surface area contributed by atoms with E-state index < -0.39 is 0 Å². The number of rotatable bonds is 6. The van der Waals surface area contributed by atoms with Crippen LogP contribution in [0.15, 0.2) is 0 Å². The second-order valence-corrected chi connectivity index (χ2v) is 4.74. The standard InChI is InChI=1S/C12H25NO/c1-11-3-5-12(6-4-11)7-9-13-8-2-10-14/h11-14H,2-10H2,1H3. The van der Waals surface area contributed by atoms with Gasteiger partial charge < -0.3 is 10.4 Å². The molecule has 0 amide bonds. The van der Waals surface area contributed by atoms with Gasteiger partial charge in [0.15, 0.2) is 0 Å². The molecule has 1 aliphatic carbocycles. The molecule has 0 aromatic carbocycles. The zero-order valence-corrected chi connectivity index (χ0v) is 9.47. The van der Waals surface area contributed by atoms with E-state index in [1.807, 2.05) is 0 Å². The van der Waals surface area contributed by atoms with E-state index in [0.717, 1.165) is 31.3 Å². The lowest BCUT2D eigenvalue weighted by Gasteiger charge is -2.26. The van der Waals surface area contributed by atoms with Gasteiger partial charge in [0.1, 0.15) is 0 Å². The molecule has 84 valence electrons. The molecule has 0 aromatic heterocycles. The Morgan fingerprint density at radius 2 is 1.86 bits per heavy atom. The van der Waals surface area contributed by atoms with E-state index in [9.17, 15) is 0 Å². The van der Waals surface area contributed by atoms with Gasteiger partial charge in [-0.2, -0.15) is 0 Å². The molecule has 0 spiro atoms. The van der Waals surface area contributed by atoms with Crippen molar-refractivity contribution < 1.29 is 5.11 Å². The summed E-state index contributed by atoms with van der Waals surface area (Å²) < 4.78 is 0. The fraction of sp³-hybridized carbons (Fsp3) is 1.00. The molecule has 0 radical (unpaired) electrons. The number of hydrogen-bond acceptors (Lipinski definition) is 2. The summed E-state index contributed by atoms with van der Waals surface area (Å²) in [6.07, 6.45) is 7.95. The van der Waals surface area contributed by atoms with Crippen LogP contribution in [0.5, 0.6) is 0 Å². The fourth-order valence-corrected chi connectivity index (χ4v) is 2.25. The van der Waals surface area contributed by atoms with Gasteiger partial charge in [-0.25, -0.2) is 0 Å². The van der Waals surface area contributed by atoms with E-state index >= 15 is 0 Å². The molecule has 0 aromatic rings. The Morgan fingerprint density at radius 3 is 2.50 bits per heavy atom. The molecule has 0 heterocycles. The number of hydrogen-bond donors (Lipinski definition) is 2.